The standard InChI is InChI=1S/C19H24N2O3S/c1-14-10-11-17(12-15(14)2)16(3)20-19(22)13-21(4)25(23,24)18-8-6-5-7-9-18/h5-12,16H,13H2,1-4H3,(H,20,22). The molecular weight excluding hydrogens is 336 g/mol. The molecule has 2 rings (SSSR count). The number of hydrogen-bond acceptors (Lipinski definition) is 3. The third-order valence-electron chi connectivity index (χ3n) is 4.23. The van der Waals surface area contributed by atoms with E-state index in [0.717, 1.165) is 15.4 Å². The van der Waals surface area contributed by atoms with Crippen LogP contribution < -0.4 is 5.32 Å². The molecule has 0 spiro atoms. The number of rotatable bonds is 6. The van der Waals surface area contributed by atoms with Gasteiger partial charge in [0.2, 0.25) is 15.9 Å². The minimum absolute atomic E-state index is 0.174. The quantitative estimate of drug-likeness (QED) is 0.861. The summed E-state index contributed by atoms with van der Waals surface area (Å²) >= 11 is 0. The summed E-state index contributed by atoms with van der Waals surface area (Å²) in [5.41, 5.74) is 3.34. The molecule has 0 fully saturated rings. The zero-order valence-corrected chi connectivity index (χ0v) is 15.8. The van der Waals surface area contributed by atoms with E-state index in [-0.39, 0.29) is 23.4 Å². The number of nitrogens with one attached hydrogen (secondary N) is 1. The number of carbonyl (C=O) groups excluding carboxylic acids is 1. The van der Waals surface area contributed by atoms with Crippen LogP contribution in [-0.2, 0) is 14.8 Å². The molecule has 0 radical (unpaired) electrons. The van der Waals surface area contributed by atoms with Crippen LogP contribution in [0.25, 0.3) is 0 Å². The van der Waals surface area contributed by atoms with Crippen molar-refractivity contribution < 1.29 is 13.2 Å². The van der Waals surface area contributed by atoms with Crippen LogP contribution in [0, 0.1) is 13.8 Å². The zero-order valence-electron chi connectivity index (χ0n) is 15.0. The van der Waals surface area contributed by atoms with Crippen LogP contribution in [0.3, 0.4) is 0 Å². The second-order valence-corrected chi connectivity index (χ2v) is 8.25. The molecule has 1 amide bonds. The number of carbonyl (C=O) groups is 1. The van der Waals surface area contributed by atoms with Crippen molar-refractivity contribution >= 4 is 15.9 Å². The van der Waals surface area contributed by atoms with Crippen molar-refractivity contribution in [2.45, 2.75) is 31.7 Å². The summed E-state index contributed by atoms with van der Waals surface area (Å²) in [5.74, 6) is -0.340. The smallest absolute Gasteiger partial charge is 0.243 e. The maximum Gasteiger partial charge on any atom is 0.243 e. The Bertz CT molecular complexity index is 848. The summed E-state index contributed by atoms with van der Waals surface area (Å²) in [6.45, 7) is 5.71. The first-order valence-electron chi connectivity index (χ1n) is 8.09. The summed E-state index contributed by atoms with van der Waals surface area (Å²) < 4.78 is 26.0. The number of nitrogens with zero attached hydrogens (tertiary/aromatic N) is 1. The average Bonchev–Trinajstić information content (AvgIpc) is 2.57. The maximum atomic E-state index is 12.5. The molecule has 0 saturated heterocycles. The maximum absolute atomic E-state index is 12.5. The van der Waals surface area contributed by atoms with Gasteiger partial charge in [0.25, 0.3) is 0 Å². The predicted octanol–water partition coefficient (Wildman–Crippen LogP) is 2.80. The highest BCUT2D eigenvalue weighted by molar-refractivity contribution is 7.89. The second-order valence-electron chi connectivity index (χ2n) is 6.21. The average molecular weight is 360 g/mol. The molecule has 2 aromatic rings. The molecule has 1 atom stereocenters. The van der Waals surface area contributed by atoms with Crippen LogP contribution in [0.15, 0.2) is 53.4 Å². The van der Waals surface area contributed by atoms with E-state index in [1.807, 2.05) is 39.0 Å². The molecule has 0 heterocycles. The second kappa shape index (κ2) is 7.80. The monoisotopic (exact) mass is 360 g/mol. The van der Waals surface area contributed by atoms with E-state index in [4.69, 9.17) is 0 Å². The fourth-order valence-corrected chi connectivity index (χ4v) is 3.61. The van der Waals surface area contributed by atoms with Gasteiger partial charge in [-0.2, -0.15) is 4.31 Å². The summed E-state index contributed by atoms with van der Waals surface area (Å²) in [7, 11) is -2.27. The van der Waals surface area contributed by atoms with Crippen molar-refractivity contribution in [2.24, 2.45) is 0 Å². The zero-order chi connectivity index (χ0) is 18.6. The van der Waals surface area contributed by atoms with Gasteiger partial charge in [-0.3, -0.25) is 4.79 Å². The molecular formula is C19H24N2O3S. The molecule has 6 heteroatoms. The van der Waals surface area contributed by atoms with Gasteiger partial charge >= 0.3 is 0 Å². The van der Waals surface area contributed by atoms with Crippen LogP contribution in [0.2, 0.25) is 0 Å². The number of likely N-dealkylation sites (N-methyl/N-ethyl adjacent to an activating group) is 1. The van der Waals surface area contributed by atoms with Crippen LogP contribution in [0.1, 0.15) is 29.7 Å². The van der Waals surface area contributed by atoms with E-state index in [1.165, 1.54) is 24.7 Å². The third-order valence-corrected chi connectivity index (χ3v) is 6.04. The van der Waals surface area contributed by atoms with Gasteiger partial charge < -0.3 is 5.32 Å². The topological polar surface area (TPSA) is 66.5 Å². The van der Waals surface area contributed by atoms with Crippen molar-refractivity contribution in [1.29, 1.82) is 0 Å². The first kappa shape index (κ1) is 19.1. The molecule has 0 saturated carbocycles. The van der Waals surface area contributed by atoms with E-state index in [0.29, 0.717) is 0 Å². The number of sulfonamides is 1. The van der Waals surface area contributed by atoms with Gasteiger partial charge in [-0.05, 0) is 49.6 Å². The van der Waals surface area contributed by atoms with Crippen LogP contribution in [0.5, 0.6) is 0 Å². The van der Waals surface area contributed by atoms with E-state index >= 15 is 0 Å². The third kappa shape index (κ3) is 4.67. The van der Waals surface area contributed by atoms with Gasteiger partial charge in [-0.25, -0.2) is 8.42 Å². The molecule has 0 bridgehead atoms. The summed E-state index contributed by atoms with van der Waals surface area (Å²) in [4.78, 5) is 12.4. The van der Waals surface area contributed by atoms with Gasteiger partial charge in [0, 0.05) is 7.05 Å². The largest absolute Gasteiger partial charge is 0.348 e. The number of aryl methyl sites for hydroxylation is 2. The highest BCUT2D eigenvalue weighted by Gasteiger charge is 2.23. The Morgan fingerprint density at radius 1 is 1.08 bits per heavy atom. The van der Waals surface area contributed by atoms with Crippen LogP contribution in [-0.4, -0.2) is 32.2 Å². The molecule has 25 heavy (non-hydrogen) atoms. The normalized spacial score (nSPS) is 12.8. The van der Waals surface area contributed by atoms with Crippen molar-refractivity contribution in [3.05, 3.63) is 65.2 Å². The number of amides is 1. The Morgan fingerprint density at radius 3 is 2.32 bits per heavy atom. The van der Waals surface area contributed by atoms with Crippen molar-refractivity contribution in [3.63, 3.8) is 0 Å². The predicted molar refractivity (Wildman–Crippen MR) is 98.7 cm³/mol. The van der Waals surface area contributed by atoms with Crippen LogP contribution in [0.4, 0.5) is 0 Å². The van der Waals surface area contributed by atoms with Crippen molar-refractivity contribution in [2.75, 3.05) is 13.6 Å². The Morgan fingerprint density at radius 2 is 1.72 bits per heavy atom. The van der Waals surface area contributed by atoms with Gasteiger partial charge in [-0.1, -0.05) is 36.4 Å². The molecule has 0 aliphatic carbocycles. The fourth-order valence-electron chi connectivity index (χ4n) is 2.46. The van der Waals surface area contributed by atoms with Crippen molar-refractivity contribution in [3.8, 4) is 0 Å². The Hall–Kier alpha value is -2.18. The molecule has 1 unspecified atom stereocenters. The van der Waals surface area contributed by atoms with Crippen LogP contribution >= 0.6 is 0 Å². The number of hydrogen-bond donors (Lipinski definition) is 1. The SMILES string of the molecule is Cc1ccc(C(C)NC(=O)CN(C)S(=O)(=O)c2ccccc2)cc1C. The summed E-state index contributed by atoms with van der Waals surface area (Å²) in [6.07, 6.45) is 0. The van der Waals surface area contributed by atoms with Gasteiger partial charge in [0.15, 0.2) is 0 Å². The van der Waals surface area contributed by atoms with E-state index in [2.05, 4.69) is 5.32 Å². The Kier molecular flexibility index (Phi) is 5.98. The minimum atomic E-state index is -3.67. The molecule has 1 N–H and O–H groups in total. The van der Waals surface area contributed by atoms with E-state index < -0.39 is 10.0 Å². The lowest BCUT2D eigenvalue weighted by molar-refractivity contribution is -0.121. The summed E-state index contributed by atoms with van der Waals surface area (Å²) in [5, 5.41) is 2.85. The lowest BCUT2D eigenvalue weighted by atomic mass is 10.0. The molecule has 0 aliphatic heterocycles. The first-order chi connectivity index (χ1) is 11.7. The molecule has 5 nitrogen and oxygen atoms in total. The molecule has 0 aromatic heterocycles. The van der Waals surface area contributed by atoms with E-state index in [9.17, 15) is 13.2 Å². The Labute approximate surface area is 149 Å². The Balaban J connectivity index is 2.03. The fraction of sp³-hybridized carbons (Fsp3) is 0.316. The van der Waals surface area contributed by atoms with Gasteiger partial charge in [0.1, 0.15) is 0 Å². The van der Waals surface area contributed by atoms with Gasteiger partial charge in [-0.15, -0.1) is 0 Å². The number of benzene rings is 2. The first-order valence-corrected chi connectivity index (χ1v) is 9.53. The lowest BCUT2D eigenvalue weighted by Gasteiger charge is -2.20. The molecule has 2 aromatic carbocycles. The highest BCUT2D eigenvalue weighted by Crippen LogP contribution is 2.17. The molecule has 134 valence electrons. The summed E-state index contributed by atoms with van der Waals surface area (Å²) in [6, 6.07) is 13.9. The molecule has 0 aliphatic rings. The van der Waals surface area contributed by atoms with E-state index in [1.54, 1.807) is 18.2 Å². The highest BCUT2D eigenvalue weighted by atomic mass is 32.2. The minimum Gasteiger partial charge on any atom is -0.348 e. The van der Waals surface area contributed by atoms with Crippen molar-refractivity contribution in [1.82, 2.24) is 9.62 Å². The van der Waals surface area contributed by atoms with Gasteiger partial charge in [0.05, 0.1) is 17.5 Å². The lowest BCUT2D eigenvalue weighted by Crippen LogP contribution is -2.39.